The smallest absolute Gasteiger partial charge is 0.415 e. The van der Waals surface area contributed by atoms with Crippen molar-refractivity contribution < 1.29 is 22.9 Å². The highest BCUT2D eigenvalue weighted by atomic mass is 35.5. The van der Waals surface area contributed by atoms with Crippen LogP contribution < -0.4 is 4.90 Å². The molecule has 0 N–H and O–H groups in total. The molecule has 0 radical (unpaired) electrons. The molecule has 1 unspecified atom stereocenters. The number of hydrogen-bond acceptors (Lipinski definition) is 5. The van der Waals surface area contributed by atoms with E-state index in [1.54, 1.807) is 41.3 Å². The number of rotatable bonds is 6. The Morgan fingerprint density at radius 1 is 1.13 bits per heavy atom. The summed E-state index contributed by atoms with van der Waals surface area (Å²) in [6.07, 6.45) is 2.32. The van der Waals surface area contributed by atoms with Crippen molar-refractivity contribution in [3.63, 3.8) is 0 Å². The van der Waals surface area contributed by atoms with E-state index >= 15 is 0 Å². The summed E-state index contributed by atoms with van der Waals surface area (Å²) < 4.78 is 31.5. The van der Waals surface area contributed by atoms with E-state index in [0.29, 0.717) is 15.6 Å². The Hall–Kier alpha value is -2.85. The second kappa shape index (κ2) is 10.0. The number of hydrogen-bond donors (Lipinski definition) is 0. The van der Waals surface area contributed by atoms with E-state index in [-0.39, 0.29) is 12.4 Å². The van der Waals surface area contributed by atoms with Gasteiger partial charge in [0.1, 0.15) is 18.8 Å². The van der Waals surface area contributed by atoms with Gasteiger partial charge in [-0.2, -0.15) is 0 Å². The summed E-state index contributed by atoms with van der Waals surface area (Å²) in [5.41, 5.74) is -0.384. The number of ether oxygens (including phenoxy) is 2. The molecule has 2 aliphatic heterocycles. The van der Waals surface area contributed by atoms with Crippen LogP contribution in [0.5, 0.6) is 0 Å². The van der Waals surface area contributed by atoms with Crippen LogP contribution in [-0.4, -0.2) is 48.7 Å². The molecule has 1 fully saturated rings. The van der Waals surface area contributed by atoms with Crippen LogP contribution in [0, 0.1) is 23.7 Å². The number of para-hydroxylation sites is 1. The lowest BCUT2D eigenvalue weighted by molar-refractivity contribution is 0.0430. The first-order valence-electron chi connectivity index (χ1n) is 12.3. The monoisotopic (exact) mass is 565 g/mol. The lowest BCUT2D eigenvalue weighted by Crippen LogP contribution is -2.56. The van der Waals surface area contributed by atoms with Crippen molar-refractivity contribution >= 4 is 42.5 Å². The third kappa shape index (κ3) is 4.84. The number of benzene rings is 2. The van der Waals surface area contributed by atoms with Crippen molar-refractivity contribution in [3.05, 3.63) is 71.3 Å². The number of anilines is 1. The highest BCUT2D eigenvalue weighted by Crippen LogP contribution is 2.62. The average Bonchev–Trinajstić information content (AvgIpc) is 3.63. The first kappa shape index (κ1) is 26.7. The molecule has 2 aromatic rings. The molecule has 0 spiro atoms. The number of nitrogens with zero attached hydrogens (tertiary/aromatic N) is 1. The van der Waals surface area contributed by atoms with Gasteiger partial charge in [-0.15, -0.1) is 0 Å². The van der Waals surface area contributed by atoms with Crippen molar-refractivity contribution in [1.29, 1.82) is 0 Å². The Kier molecular flexibility index (Phi) is 7.06. The van der Waals surface area contributed by atoms with Crippen LogP contribution in [0.1, 0.15) is 12.5 Å². The van der Waals surface area contributed by atoms with Gasteiger partial charge in [0.25, 0.3) is 0 Å². The zero-order valence-corrected chi connectivity index (χ0v) is 24.2. The molecular weight excluding hydrogens is 538 g/mol. The predicted molar refractivity (Wildman–Crippen MR) is 151 cm³/mol. The molecule has 1 amide bonds. The largest absolute Gasteiger partial charge is 0.448 e. The second-order valence-electron chi connectivity index (χ2n) is 10.4. The van der Waals surface area contributed by atoms with Crippen LogP contribution in [-0.2, 0) is 30.3 Å². The summed E-state index contributed by atoms with van der Waals surface area (Å²) in [4.78, 5) is 15.7. The molecule has 196 valence electrons. The van der Waals surface area contributed by atoms with E-state index < -0.39 is 48.6 Å². The fourth-order valence-electron chi connectivity index (χ4n) is 5.13. The van der Waals surface area contributed by atoms with Gasteiger partial charge < -0.3 is 13.9 Å². The molecule has 1 saturated heterocycles. The lowest BCUT2D eigenvalue weighted by atomic mass is 9.75. The number of carbonyl (C=O) groups is 1. The zero-order chi connectivity index (χ0) is 27.1. The maximum atomic E-state index is 13.5. The molecule has 5 rings (SSSR count). The van der Waals surface area contributed by atoms with Crippen LogP contribution in [0.15, 0.2) is 65.6 Å². The quantitative estimate of drug-likeness (QED) is 0.272. The molecule has 9 heteroatoms. The Balaban J connectivity index is 1.46. The van der Waals surface area contributed by atoms with E-state index in [2.05, 4.69) is 43.3 Å². The number of amides is 1. The van der Waals surface area contributed by atoms with Gasteiger partial charge in [-0.25, -0.2) is 4.79 Å². The maximum absolute atomic E-state index is 13.5. The number of fused-ring (bicyclic) bond motifs is 1. The lowest BCUT2D eigenvalue weighted by Gasteiger charge is -2.42. The number of halogens is 1. The topological polar surface area (TPSA) is 68.4 Å². The van der Waals surface area contributed by atoms with E-state index in [1.807, 2.05) is 31.2 Å². The highest BCUT2D eigenvalue weighted by Gasteiger charge is 2.75. The maximum Gasteiger partial charge on any atom is 0.415 e. The minimum atomic E-state index is -2.06. The average molecular weight is 566 g/mol. The summed E-state index contributed by atoms with van der Waals surface area (Å²) in [6.45, 7) is 8.30. The molecule has 6 nitrogen and oxygen atoms in total. The predicted octanol–water partition coefficient (Wildman–Crippen LogP) is 5.25. The first-order valence-corrected chi connectivity index (χ1v) is 17.4. The molecule has 2 heterocycles. The molecule has 0 aromatic heterocycles. The van der Waals surface area contributed by atoms with Gasteiger partial charge in [-0.05, 0) is 69.0 Å². The Morgan fingerprint density at radius 2 is 1.84 bits per heavy atom. The first-order chi connectivity index (χ1) is 18.1. The van der Waals surface area contributed by atoms with E-state index in [1.165, 1.54) is 0 Å². The number of carbonyl (C=O) groups excluding carboxylic acids is 1. The van der Waals surface area contributed by atoms with Crippen LogP contribution in [0.2, 0.25) is 24.7 Å². The Labute approximate surface area is 231 Å². The molecule has 1 aliphatic carbocycles. The van der Waals surface area contributed by atoms with Crippen molar-refractivity contribution in [2.75, 3.05) is 17.3 Å². The van der Waals surface area contributed by atoms with Crippen molar-refractivity contribution in [2.45, 2.75) is 54.8 Å². The minimum absolute atomic E-state index is 0.0224. The zero-order valence-electron chi connectivity index (χ0n) is 21.6. The summed E-state index contributed by atoms with van der Waals surface area (Å²) >= 11 is 5.92. The van der Waals surface area contributed by atoms with Crippen LogP contribution in [0.4, 0.5) is 10.5 Å². The van der Waals surface area contributed by atoms with Gasteiger partial charge in [0.2, 0.25) is 0 Å². The minimum Gasteiger partial charge on any atom is -0.448 e. The van der Waals surface area contributed by atoms with Gasteiger partial charge in [-0.3, -0.25) is 9.11 Å². The third-order valence-corrected chi connectivity index (χ3v) is 9.17. The number of allylic oxidation sites excluding steroid dienone is 2. The summed E-state index contributed by atoms with van der Waals surface area (Å²) in [5.74, 6) is 12.7. The van der Waals surface area contributed by atoms with Gasteiger partial charge in [0.05, 0.1) is 22.2 Å². The molecule has 0 saturated carbocycles. The Bertz CT molecular complexity index is 1450. The van der Waals surface area contributed by atoms with E-state index in [9.17, 15) is 9.00 Å². The molecule has 2 bridgehead atoms. The summed E-state index contributed by atoms with van der Waals surface area (Å²) in [7, 11) is -3.40. The SMILES string of the molecule is C[C@]1(O[Si](C)(C)C)C#C/C=C\C#C[C@@H]2[C@H]3O[C@@]31c1ccccc1N2C(=O)OCCS(=O)c1ccc(Cl)cc1. The van der Waals surface area contributed by atoms with Gasteiger partial charge in [0, 0.05) is 15.5 Å². The highest BCUT2D eigenvalue weighted by molar-refractivity contribution is 7.85. The van der Waals surface area contributed by atoms with Crippen molar-refractivity contribution in [1.82, 2.24) is 0 Å². The van der Waals surface area contributed by atoms with Crippen molar-refractivity contribution in [3.8, 4) is 23.7 Å². The van der Waals surface area contributed by atoms with Gasteiger partial charge in [0.15, 0.2) is 19.5 Å². The fraction of sp³-hybridized carbons (Fsp3) is 0.345. The van der Waals surface area contributed by atoms with Gasteiger partial charge >= 0.3 is 6.09 Å². The molecule has 38 heavy (non-hydrogen) atoms. The standard InChI is InChI=1S/C29H28ClNO5SSi/c1-28(36-38(2,3)4)18-10-6-5-7-13-25-26-29(28,35-26)23-11-8-9-12-24(23)31(25)27(32)34-19-20-37(33)22-16-14-21(30)15-17-22/h5-6,8-9,11-12,14-17,25-26H,19-20H2,1-4H3/b6-5-/t25-,26-,28+,29+,37?/m1/s1. The summed E-state index contributed by atoms with van der Waals surface area (Å²) in [6, 6.07) is 13.8. The van der Waals surface area contributed by atoms with E-state index in [4.69, 9.17) is 25.5 Å². The summed E-state index contributed by atoms with van der Waals surface area (Å²) in [5, 5.41) is 0.568. The van der Waals surface area contributed by atoms with Gasteiger partial charge in [-0.1, -0.05) is 53.5 Å². The molecule has 3 aliphatic rings. The normalized spacial score (nSPS) is 28.3. The fourth-order valence-corrected chi connectivity index (χ4v) is 7.59. The molecular formula is C29H28ClNO5SSi. The molecule has 2 aromatic carbocycles. The third-order valence-electron chi connectivity index (χ3n) is 6.56. The van der Waals surface area contributed by atoms with Crippen LogP contribution >= 0.6 is 11.6 Å². The van der Waals surface area contributed by atoms with Crippen LogP contribution in [0.3, 0.4) is 0 Å². The second-order valence-corrected chi connectivity index (χ2v) is 16.8. The molecule has 5 atom stereocenters. The van der Waals surface area contributed by atoms with E-state index in [0.717, 1.165) is 5.56 Å². The Morgan fingerprint density at radius 3 is 2.58 bits per heavy atom. The van der Waals surface area contributed by atoms with Crippen LogP contribution in [0.25, 0.3) is 0 Å². The van der Waals surface area contributed by atoms with Crippen molar-refractivity contribution in [2.24, 2.45) is 0 Å². The number of epoxide rings is 1.